The minimum Gasteiger partial charge on any atom is -0.350 e. The molecule has 36 heavy (non-hydrogen) atoms. The Morgan fingerprint density at radius 2 is 1.64 bits per heavy atom. The van der Waals surface area contributed by atoms with E-state index >= 15 is 0 Å². The Morgan fingerprint density at radius 1 is 1.00 bits per heavy atom. The molecule has 2 heterocycles. The Kier molecular flexibility index (Phi) is 11.0. The van der Waals surface area contributed by atoms with E-state index in [1.54, 1.807) is 0 Å². The number of nitrogens with zero attached hydrogens (tertiary/aromatic N) is 4. The van der Waals surface area contributed by atoms with E-state index in [1.165, 1.54) is 5.56 Å². The summed E-state index contributed by atoms with van der Waals surface area (Å²) >= 11 is 5.20. The Morgan fingerprint density at radius 3 is 2.28 bits per heavy atom. The highest BCUT2D eigenvalue weighted by Gasteiger charge is 2.24. The maximum atomic E-state index is 5.20. The van der Waals surface area contributed by atoms with Gasteiger partial charge in [-0.05, 0) is 50.1 Å². The lowest BCUT2D eigenvalue weighted by atomic mass is 10.0. The fourth-order valence-corrected chi connectivity index (χ4v) is 4.87. The number of nitrogens with one attached hydrogen (secondary N) is 1. The van der Waals surface area contributed by atoms with E-state index in [0.29, 0.717) is 6.04 Å². The SMILES string of the molecule is C=CCN1CCN(CC=C)CC(Cc2ccc(NC(C)=S)cc2)N(CC(=C)C)Cc2cccc(n2)C1. The zero-order chi connectivity index (χ0) is 25.9. The lowest BCUT2D eigenvalue weighted by molar-refractivity contribution is 0.132. The van der Waals surface area contributed by atoms with Crippen LogP contribution in [0.1, 0.15) is 30.8 Å². The van der Waals surface area contributed by atoms with Crippen molar-refractivity contribution in [3.63, 3.8) is 0 Å². The number of hydrogen-bond donors (Lipinski definition) is 1. The second kappa shape index (κ2) is 14.2. The van der Waals surface area contributed by atoms with Crippen molar-refractivity contribution >= 4 is 22.9 Å². The van der Waals surface area contributed by atoms with Crippen LogP contribution in [0.4, 0.5) is 5.69 Å². The first-order chi connectivity index (χ1) is 17.4. The summed E-state index contributed by atoms with van der Waals surface area (Å²) in [7, 11) is 0. The normalized spacial score (nSPS) is 18.0. The second-order valence-corrected chi connectivity index (χ2v) is 10.4. The maximum Gasteiger partial charge on any atom is 0.0765 e. The molecule has 5 nitrogen and oxygen atoms in total. The number of anilines is 1. The summed E-state index contributed by atoms with van der Waals surface area (Å²) in [5.74, 6) is 0. The molecular weight excluding hydrogens is 462 g/mol. The number of rotatable bonds is 9. The molecule has 0 spiro atoms. The molecule has 1 atom stereocenters. The topological polar surface area (TPSA) is 34.6 Å². The van der Waals surface area contributed by atoms with E-state index in [1.807, 2.05) is 19.1 Å². The van der Waals surface area contributed by atoms with Crippen LogP contribution in [-0.2, 0) is 19.5 Å². The van der Waals surface area contributed by atoms with Crippen molar-refractivity contribution in [1.29, 1.82) is 0 Å². The number of thiocarbonyl (C=S) groups is 1. The molecule has 0 aliphatic carbocycles. The molecule has 2 aromatic rings. The molecule has 0 radical (unpaired) electrons. The summed E-state index contributed by atoms with van der Waals surface area (Å²) in [6, 6.07) is 15.3. The monoisotopic (exact) mass is 503 g/mol. The van der Waals surface area contributed by atoms with Crippen LogP contribution in [0.5, 0.6) is 0 Å². The van der Waals surface area contributed by atoms with Crippen molar-refractivity contribution in [2.24, 2.45) is 0 Å². The van der Waals surface area contributed by atoms with Crippen molar-refractivity contribution in [2.75, 3.05) is 44.6 Å². The van der Waals surface area contributed by atoms with Crippen LogP contribution in [0.15, 0.2) is 79.9 Å². The third-order valence-electron chi connectivity index (χ3n) is 6.33. The molecule has 1 aliphatic rings. The molecule has 1 aromatic carbocycles. The van der Waals surface area contributed by atoms with Crippen LogP contribution in [-0.4, -0.2) is 70.0 Å². The molecule has 1 aromatic heterocycles. The third kappa shape index (κ3) is 9.10. The van der Waals surface area contributed by atoms with Gasteiger partial charge in [-0.25, -0.2) is 0 Å². The fraction of sp³-hybridized carbons (Fsp3) is 0.400. The van der Waals surface area contributed by atoms with Gasteiger partial charge in [0.25, 0.3) is 0 Å². The standard InChI is InChI=1S/C30H41N5S/c1-6-15-33-17-18-34(16-7-2)23-30(19-26-11-13-27(14-12-26)31-25(5)36)35(20-24(3)4)22-29-10-8-9-28(21-33)32-29/h6-14,30H,1-3,15-23H2,4-5H3,(H,31,36). The van der Waals surface area contributed by atoms with Gasteiger partial charge < -0.3 is 5.32 Å². The van der Waals surface area contributed by atoms with Crippen LogP contribution < -0.4 is 5.32 Å². The molecule has 0 saturated heterocycles. The van der Waals surface area contributed by atoms with E-state index in [-0.39, 0.29) is 0 Å². The van der Waals surface area contributed by atoms with Gasteiger partial charge in [0.1, 0.15) is 0 Å². The molecule has 0 saturated carbocycles. The van der Waals surface area contributed by atoms with E-state index in [0.717, 1.165) is 86.4 Å². The van der Waals surface area contributed by atoms with Gasteiger partial charge in [-0.3, -0.25) is 19.7 Å². The molecule has 1 unspecified atom stereocenters. The molecule has 0 fully saturated rings. The average molecular weight is 504 g/mol. The van der Waals surface area contributed by atoms with Gasteiger partial charge in [-0.2, -0.15) is 0 Å². The minimum absolute atomic E-state index is 0.297. The highest BCUT2D eigenvalue weighted by Crippen LogP contribution is 2.19. The first-order valence-electron chi connectivity index (χ1n) is 12.7. The minimum atomic E-state index is 0.297. The van der Waals surface area contributed by atoms with Crippen molar-refractivity contribution in [3.05, 3.63) is 96.9 Å². The van der Waals surface area contributed by atoms with E-state index in [9.17, 15) is 0 Å². The first-order valence-corrected chi connectivity index (χ1v) is 13.1. The third-order valence-corrected chi connectivity index (χ3v) is 6.43. The van der Waals surface area contributed by atoms with Gasteiger partial charge in [0.05, 0.1) is 16.4 Å². The van der Waals surface area contributed by atoms with Crippen molar-refractivity contribution in [2.45, 2.75) is 39.4 Å². The molecular formula is C30H41N5S. The van der Waals surface area contributed by atoms with Crippen LogP contribution in [0.25, 0.3) is 0 Å². The summed E-state index contributed by atoms with van der Waals surface area (Å²) < 4.78 is 0. The van der Waals surface area contributed by atoms with Crippen LogP contribution in [0.2, 0.25) is 0 Å². The molecule has 3 rings (SSSR count). The smallest absolute Gasteiger partial charge is 0.0765 e. The Bertz CT molecular complexity index is 1030. The van der Waals surface area contributed by atoms with Gasteiger partial charge >= 0.3 is 0 Å². The maximum absolute atomic E-state index is 5.20. The lowest BCUT2D eigenvalue weighted by Crippen LogP contribution is -2.47. The molecule has 192 valence electrons. The largest absolute Gasteiger partial charge is 0.350 e. The van der Waals surface area contributed by atoms with Crippen LogP contribution in [0.3, 0.4) is 0 Å². The summed E-state index contributed by atoms with van der Waals surface area (Å²) in [5.41, 5.74) is 5.70. The van der Waals surface area contributed by atoms with Crippen molar-refractivity contribution in [3.8, 4) is 0 Å². The zero-order valence-electron chi connectivity index (χ0n) is 22.0. The predicted octanol–water partition coefficient (Wildman–Crippen LogP) is 5.32. The van der Waals surface area contributed by atoms with Gasteiger partial charge in [-0.15, -0.1) is 13.2 Å². The second-order valence-electron chi connectivity index (χ2n) is 9.79. The first kappa shape index (κ1) is 27.9. The van der Waals surface area contributed by atoms with Crippen LogP contribution in [0, 0.1) is 0 Å². The summed E-state index contributed by atoms with van der Waals surface area (Å²) in [5, 5.41) is 3.23. The number of pyridine rings is 1. The van der Waals surface area contributed by atoms with Crippen molar-refractivity contribution < 1.29 is 0 Å². The van der Waals surface area contributed by atoms with Gasteiger partial charge in [-0.1, -0.05) is 54.7 Å². The average Bonchev–Trinajstić information content (AvgIpc) is 2.82. The Labute approximate surface area is 223 Å². The number of benzene rings is 1. The Hall–Kier alpha value is -2.64. The van der Waals surface area contributed by atoms with Gasteiger partial charge in [0, 0.05) is 64.1 Å². The highest BCUT2D eigenvalue weighted by atomic mass is 32.1. The molecule has 1 N–H and O–H groups in total. The fourth-order valence-electron chi connectivity index (χ4n) is 4.75. The molecule has 1 aliphatic heterocycles. The van der Waals surface area contributed by atoms with Crippen molar-refractivity contribution in [1.82, 2.24) is 19.7 Å². The summed E-state index contributed by atoms with van der Waals surface area (Å²) in [6.07, 6.45) is 4.94. The van der Waals surface area contributed by atoms with E-state index in [2.05, 4.69) is 89.1 Å². The van der Waals surface area contributed by atoms with Crippen LogP contribution >= 0.6 is 12.2 Å². The van der Waals surface area contributed by atoms with E-state index in [4.69, 9.17) is 17.2 Å². The molecule has 2 bridgehead atoms. The zero-order valence-corrected chi connectivity index (χ0v) is 22.8. The Balaban J connectivity index is 1.94. The van der Waals surface area contributed by atoms with Gasteiger partial charge in [0.15, 0.2) is 0 Å². The molecule has 6 heteroatoms. The quantitative estimate of drug-likeness (QED) is 0.369. The van der Waals surface area contributed by atoms with E-state index < -0.39 is 0 Å². The molecule has 0 amide bonds. The highest BCUT2D eigenvalue weighted by molar-refractivity contribution is 7.80. The lowest BCUT2D eigenvalue weighted by Gasteiger charge is -2.37. The summed E-state index contributed by atoms with van der Waals surface area (Å²) in [6.45, 7) is 23.3. The number of fused-ring (bicyclic) bond motifs is 2. The van der Waals surface area contributed by atoms with Gasteiger partial charge in [0.2, 0.25) is 0 Å². The predicted molar refractivity (Wildman–Crippen MR) is 157 cm³/mol. The number of hydrogen-bond acceptors (Lipinski definition) is 5. The summed E-state index contributed by atoms with van der Waals surface area (Å²) in [4.78, 5) is 13.3. The number of aromatic nitrogens is 1.